The lowest BCUT2D eigenvalue weighted by Crippen LogP contribution is -2.37. The Hall–Kier alpha value is -1.09. The number of rotatable bonds is 3. The van der Waals surface area contributed by atoms with Gasteiger partial charge in [-0.2, -0.15) is 0 Å². The van der Waals surface area contributed by atoms with Crippen molar-refractivity contribution in [2.24, 2.45) is 0 Å². The smallest absolute Gasteiger partial charge is 0.128 e. The molecular formula is C15H25N3. The largest absolute Gasteiger partial charge is 0.353 e. The Labute approximate surface area is 111 Å². The van der Waals surface area contributed by atoms with E-state index in [9.17, 15) is 0 Å². The zero-order valence-corrected chi connectivity index (χ0v) is 12.0. The normalized spacial score (nSPS) is 20.1. The Bertz CT molecular complexity index is 372. The summed E-state index contributed by atoms with van der Waals surface area (Å²) in [7, 11) is 0. The predicted octanol–water partition coefficient (Wildman–Crippen LogP) is 2.57. The third kappa shape index (κ3) is 2.83. The highest BCUT2D eigenvalue weighted by Crippen LogP contribution is 2.24. The molecular weight excluding hydrogens is 222 g/mol. The van der Waals surface area contributed by atoms with Crippen LogP contribution in [0.5, 0.6) is 0 Å². The molecule has 1 atom stereocenters. The predicted molar refractivity (Wildman–Crippen MR) is 77.2 cm³/mol. The highest BCUT2D eigenvalue weighted by atomic mass is 15.2. The Morgan fingerprint density at radius 3 is 2.61 bits per heavy atom. The van der Waals surface area contributed by atoms with Crippen molar-refractivity contribution in [2.45, 2.75) is 45.6 Å². The Morgan fingerprint density at radius 1 is 1.39 bits per heavy atom. The lowest BCUT2D eigenvalue weighted by molar-refractivity contribution is 0.585. The quantitative estimate of drug-likeness (QED) is 0.890. The summed E-state index contributed by atoms with van der Waals surface area (Å²) in [5.74, 6) is 1.11. The molecule has 0 amide bonds. The van der Waals surface area contributed by atoms with Crippen molar-refractivity contribution < 1.29 is 0 Å². The van der Waals surface area contributed by atoms with E-state index < -0.39 is 0 Å². The van der Waals surface area contributed by atoms with Gasteiger partial charge in [0.15, 0.2) is 0 Å². The molecule has 1 saturated heterocycles. The number of hydrogen-bond donors (Lipinski definition) is 1. The van der Waals surface area contributed by atoms with Crippen LogP contribution >= 0.6 is 0 Å². The van der Waals surface area contributed by atoms with Crippen LogP contribution in [0.25, 0.3) is 0 Å². The van der Waals surface area contributed by atoms with Gasteiger partial charge in [0.1, 0.15) is 5.82 Å². The van der Waals surface area contributed by atoms with E-state index in [1.165, 1.54) is 12.0 Å². The van der Waals surface area contributed by atoms with E-state index in [0.29, 0.717) is 6.04 Å². The maximum atomic E-state index is 4.66. The number of hydrogen-bond acceptors (Lipinski definition) is 3. The molecule has 3 heteroatoms. The summed E-state index contributed by atoms with van der Waals surface area (Å²) in [6, 6.07) is 4.98. The molecule has 0 bridgehead atoms. The minimum Gasteiger partial charge on any atom is -0.353 e. The summed E-state index contributed by atoms with van der Waals surface area (Å²) in [6.45, 7) is 12.1. The van der Waals surface area contributed by atoms with Crippen molar-refractivity contribution in [2.75, 3.05) is 24.5 Å². The van der Waals surface area contributed by atoms with Crippen molar-refractivity contribution in [3.05, 3.63) is 23.9 Å². The van der Waals surface area contributed by atoms with Crippen LogP contribution in [-0.2, 0) is 5.41 Å². The van der Waals surface area contributed by atoms with Crippen LogP contribution in [0.2, 0.25) is 0 Å². The van der Waals surface area contributed by atoms with E-state index in [1.807, 2.05) is 6.20 Å². The molecule has 0 radical (unpaired) electrons. The van der Waals surface area contributed by atoms with Gasteiger partial charge in [-0.05, 0) is 36.9 Å². The minimum atomic E-state index is 0.178. The van der Waals surface area contributed by atoms with Gasteiger partial charge in [-0.1, -0.05) is 26.8 Å². The van der Waals surface area contributed by atoms with Crippen molar-refractivity contribution in [3.8, 4) is 0 Å². The number of nitrogens with one attached hydrogen (secondary N) is 1. The number of anilines is 1. The molecule has 1 aliphatic rings. The fourth-order valence-electron chi connectivity index (χ4n) is 2.51. The maximum Gasteiger partial charge on any atom is 0.128 e. The first-order valence-electron chi connectivity index (χ1n) is 6.96. The van der Waals surface area contributed by atoms with E-state index in [1.54, 1.807) is 0 Å². The van der Waals surface area contributed by atoms with Crippen LogP contribution in [0.4, 0.5) is 5.82 Å². The van der Waals surface area contributed by atoms with Crippen LogP contribution in [0, 0.1) is 0 Å². The highest BCUT2D eigenvalue weighted by molar-refractivity contribution is 5.42. The molecule has 18 heavy (non-hydrogen) atoms. The first-order chi connectivity index (χ1) is 8.52. The molecule has 1 aromatic rings. The molecule has 1 unspecified atom stereocenters. The van der Waals surface area contributed by atoms with Gasteiger partial charge in [0.05, 0.1) is 0 Å². The summed E-state index contributed by atoms with van der Waals surface area (Å²) >= 11 is 0. The standard InChI is InChI=1S/C15H25N3/c1-5-18(13-8-9-16-11-13)14-7-6-12(10-17-14)15(2,3)4/h6-7,10,13,16H,5,8-9,11H2,1-4H3. The first-order valence-corrected chi connectivity index (χ1v) is 6.96. The Balaban J connectivity index is 2.16. The van der Waals surface area contributed by atoms with Crippen LogP contribution in [0.3, 0.4) is 0 Å². The third-order valence-electron chi connectivity index (χ3n) is 3.72. The fraction of sp³-hybridized carbons (Fsp3) is 0.667. The van der Waals surface area contributed by atoms with E-state index in [4.69, 9.17) is 0 Å². The van der Waals surface area contributed by atoms with E-state index >= 15 is 0 Å². The average molecular weight is 247 g/mol. The van der Waals surface area contributed by atoms with Crippen molar-refractivity contribution in [1.82, 2.24) is 10.3 Å². The molecule has 2 heterocycles. The van der Waals surface area contributed by atoms with E-state index in [-0.39, 0.29) is 5.41 Å². The van der Waals surface area contributed by atoms with Gasteiger partial charge < -0.3 is 10.2 Å². The Kier molecular flexibility index (Phi) is 3.91. The molecule has 0 spiro atoms. The number of likely N-dealkylation sites (N-methyl/N-ethyl adjacent to an activating group) is 1. The van der Waals surface area contributed by atoms with Gasteiger partial charge in [0.25, 0.3) is 0 Å². The molecule has 1 aromatic heterocycles. The number of pyridine rings is 1. The van der Waals surface area contributed by atoms with Crippen molar-refractivity contribution >= 4 is 5.82 Å². The van der Waals surface area contributed by atoms with Crippen molar-refractivity contribution in [3.63, 3.8) is 0 Å². The number of aromatic nitrogens is 1. The van der Waals surface area contributed by atoms with Gasteiger partial charge in [-0.25, -0.2) is 4.98 Å². The minimum absolute atomic E-state index is 0.178. The Morgan fingerprint density at radius 2 is 2.17 bits per heavy atom. The van der Waals surface area contributed by atoms with Crippen molar-refractivity contribution in [1.29, 1.82) is 0 Å². The monoisotopic (exact) mass is 247 g/mol. The summed E-state index contributed by atoms with van der Waals surface area (Å²) in [5.41, 5.74) is 1.48. The third-order valence-corrected chi connectivity index (χ3v) is 3.72. The second-order valence-electron chi connectivity index (χ2n) is 6.09. The van der Waals surface area contributed by atoms with Gasteiger partial charge >= 0.3 is 0 Å². The lowest BCUT2D eigenvalue weighted by atomic mass is 9.88. The van der Waals surface area contributed by atoms with Crippen LogP contribution in [0.1, 0.15) is 39.7 Å². The second kappa shape index (κ2) is 5.27. The average Bonchev–Trinajstić information content (AvgIpc) is 2.83. The van der Waals surface area contributed by atoms with Gasteiger partial charge in [0, 0.05) is 25.3 Å². The van der Waals surface area contributed by atoms with E-state index in [2.05, 4.69) is 55.0 Å². The van der Waals surface area contributed by atoms with Gasteiger partial charge in [-0.15, -0.1) is 0 Å². The van der Waals surface area contributed by atoms with Gasteiger partial charge in [0.2, 0.25) is 0 Å². The van der Waals surface area contributed by atoms with Crippen LogP contribution in [-0.4, -0.2) is 30.7 Å². The summed E-state index contributed by atoms with van der Waals surface area (Å²) in [5, 5.41) is 3.42. The van der Waals surface area contributed by atoms with E-state index in [0.717, 1.165) is 25.5 Å². The summed E-state index contributed by atoms with van der Waals surface area (Å²) in [4.78, 5) is 7.07. The molecule has 1 aliphatic heterocycles. The molecule has 0 aliphatic carbocycles. The zero-order valence-electron chi connectivity index (χ0n) is 12.0. The molecule has 1 N–H and O–H groups in total. The summed E-state index contributed by atoms with van der Waals surface area (Å²) < 4.78 is 0. The molecule has 0 aromatic carbocycles. The number of nitrogens with zero attached hydrogens (tertiary/aromatic N) is 2. The van der Waals surface area contributed by atoms with Gasteiger partial charge in [-0.3, -0.25) is 0 Å². The molecule has 2 rings (SSSR count). The van der Waals surface area contributed by atoms with Crippen LogP contribution in [0.15, 0.2) is 18.3 Å². The maximum absolute atomic E-state index is 4.66. The molecule has 0 saturated carbocycles. The molecule has 3 nitrogen and oxygen atoms in total. The molecule has 1 fully saturated rings. The molecule has 100 valence electrons. The summed E-state index contributed by atoms with van der Waals surface area (Å²) in [6.07, 6.45) is 3.25. The second-order valence-corrected chi connectivity index (χ2v) is 6.09. The van der Waals surface area contributed by atoms with Crippen LogP contribution < -0.4 is 10.2 Å². The topological polar surface area (TPSA) is 28.2 Å². The lowest BCUT2D eigenvalue weighted by Gasteiger charge is -2.29. The fourth-order valence-corrected chi connectivity index (χ4v) is 2.51. The SMILES string of the molecule is CCN(c1ccc(C(C)(C)C)cn1)C1CCNC1. The zero-order chi connectivity index (χ0) is 13.2. The highest BCUT2D eigenvalue weighted by Gasteiger charge is 2.22. The first kappa shape index (κ1) is 13.3.